The molecule has 32 heavy (non-hydrogen) atoms. The van der Waals surface area contributed by atoms with E-state index in [1.54, 1.807) is 0 Å². The van der Waals surface area contributed by atoms with Gasteiger partial charge in [-0.05, 0) is 11.8 Å². The standard InChI is InChI=1S/C32H66/c1-5-7-8-9-10-11-12-13-14-15-16-17-18-19-20-21-22-23-24-25-28-32(4)30-26-29-31(3)27-6-2/h31-32H,5-30H2,1-4H3. The van der Waals surface area contributed by atoms with Gasteiger partial charge in [0.2, 0.25) is 0 Å². The van der Waals surface area contributed by atoms with Crippen molar-refractivity contribution >= 4 is 0 Å². The van der Waals surface area contributed by atoms with Crippen molar-refractivity contribution in [2.45, 2.75) is 195 Å². The molecule has 0 saturated heterocycles. The van der Waals surface area contributed by atoms with Gasteiger partial charge in [0.25, 0.3) is 0 Å². The van der Waals surface area contributed by atoms with Gasteiger partial charge in [-0.15, -0.1) is 0 Å². The molecule has 0 saturated carbocycles. The Morgan fingerprint density at radius 3 is 0.906 bits per heavy atom. The van der Waals surface area contributed by atoms with Crippen LogP contribution in [-0.4, -0.2) is 0 Å². The Hall–Kier alpha value is 0. The lowest BCUT2D eigenvalue weighted by molar-refractivity contribution is 0.398. The molecule has 0 spiro atoms. The highest BCUT2D eigenvalue weighted by Crippen LogP contribution is 2.21. The fraction of sp³-hybridized carbons (Fsp3) is 1.00. The predicted molar refractivity (Wildman–Crippen MR) is 150 cm³/mol. The van der Waals surface area contributed by atoms with Crippen molar-refractivity contribution in [1.82, 2.24) is 0 Å². The van der Waals surface area contributed by atoms with Crippen molar-refractivity contribution in [3.05, 3.63) is 0 Å². The molecule has 0 rings (SSSR count). The van der Waals surface area contributed by atoms with Gasteiger partial charge in [0.15, 0.2) is 0 Å². The summed E-state index contributed by atoms with van der Waals surface area (Å²) in [6, 6.07) is 0. The zero-order valence-electron chi connectivity index (χ0n) is 23.5. The van der Waals surface area contributed by atoms with E-state index >= 15 is 0 Å². The first kappa shape index (κ1) is 32.0. The van der Waals surface area contributed by atoms with Crippen LogP contribution in [0.1, 0.15) is 195 Å². The van der Waals surface area contributed by atoms with Gasteiger partial charge in [0.05, 0.1) is 0 Å². The van der Waals surface area contributed by atoms with Crippen LogP contribution in [0.4, 0.5) is 0 Å². The first-order chi connectivity index (χ1) is 15.7. The Morgan fingerprint density at radius 2 is 0.562 bits per heavy atom. The fourth-order valence-electron chi connectivity index (χ4n) is 5.34. The molecule has 0 nitrogen and oxygen atoms in total. The Labute approximate surface area is 206 Å². The monoisotopic (exact) mass is 451 g/mol. The molecule has 2 atom stereocenters. The maximum atomic E-state index is 2.49. The summed E-state index contributed by atoms with van der Waals surface area (Å²) in [5.74, 6) is 1.91. The van der Waals surface area contributed by atoms with Gasteiger partial charge in [0.1, 0.15) is 0 Å². The Morgan fingerprint density at radius 1 is 0.281 bits per heavy atom. The molecular weight excluding hydrogens is 384 g/mol. The highest BCUT2D eigenvalue weighted by atomic mass is 14.1. The van der Waals surface area contributed by atoms with Crippen LogP contribution in [0.25, 0.3) is 0 Å². The summed E-state index contributed by atoms with van der Waals surface area (Å²) in [5.41, 5.74) is 0. The Balaban J connectivity index is 3.13. The van der Waals surface area contributed by atoms with Gasteiger partial charge in [-0.1, -0.05) is 195 Å². The molecule has 0 heteroatoms. The maximum Gasteiger partial charge on any atom is -0.0443 e. The van der Waals surface area contributed by atoms with Crippen LogP contribution in [0.3, 0.4) is 0 Å². The molecule has 0 heterocycles. The smallest absolute Gasteiger partial charge is 0.0443 e. The Kier molecular flexibility index (Phi) is 27.2. The predicted octanol–water partition coefficient (Wildman–Crippen LogP) is 12.4. The summed E-state index contributed by atoms with van der Waals surface area (Å²) in [5, 5.41) is 0. The number of rotatable bonds is 27. The van der Waals surface area contributed by atoms with Crippen molar-refractivity contribution < 1.29 is 0 Å². The normalized spacial score (nSPS) is 13.5. The molecule has 0 aliphatic heterocycles. The van der Waals surface area contributed by atoms with Gasteiger partial charge >= 0.3 is 0 Å². The van der Waals surface area contributed by atoms with Crippen LogP contribution < -0.4 is 0 Å². The number of hydrogen-bond acceptors (Lipinski definition) is 0. The lowest BCUT2D eigenvalue weighted by Crippen LogP contribution is -1.99. The third-order valence-corrected chi connectivity index (χ3v) is 7.73. The van der Waals surface area contributed by atoms with Gasteiger partial charge in [-0.3, -0.25) is 0 Å². The molecule has 0 aromatic carbocycles. The minimum Gasteiger partial charge on any atom is -0.0654 e. The lowest BCUT2D eigenvalue weighted by Gasteiger charge is -2.13. The second-order valence-corrected chi connectivity index (χ2v) is 11.4. The molecule has 0 bridgehead atoms. The average molecular weight is 451 g/mol. The number of unbranched alkanes of at least 4 members (excludes halogenated alkanes) is 19. The molecule has 0 aliphatic carbocycles. The average Bonchev–Trinajstić information content (AvgIpc) is 2.78. The molecule has 0 aromatic heterocycles. The van der Waals surface area contributed by atoms with E-state index in [4.69, 9.17) is 0 Å². The summed E-state index contributed by atoms with van der Waals surface area (Å²) in [6.45, 7) is 9.55. The van der Waals surface area contributed by atoms with Crippen molar-refractivity contribution in [3.63, 3.8) is 0 Å². The van der Waals surface area contributed by atoms with Gasteiger partial charge in [-0.25, -0.2) is 0 Å². The van der Waals surface area contributed by atoms with E-state index in [-0.39, 0.29) is 0 Å². The minimum atomic E-state index is 0.951. The van der Waals surface area contributed by atoms with E-state index < -0.39 is 0 Å². The summed E-state index contributed by atoms with van der Waals surface area (Å²) >= 11 is 0. The summed E-state index contributed by atoms with van der Waals surface area (Å²) in [4.78, 5) is 0. The molecule has 2 unspecified atom stereocenters. The first-order valence-electron chi connectivity index (χ1n) is 15.7. The van der Waals surface area contributed by atoms with E-state index in [9.17, 15) is 0 Å². The molecule has 194 valence electrons. The summed E-state index contributed by atoms with van der Waals surface area (Å²) < 4.78 is 0. The highest BCUT2D eigenvalue weighted by molar-refractivity contribution is 4.58. The first-order valence-corrected chi connectivity index (χ1v) is 15.7. The third kappa shape index (κ3) is 26.3. The van der Waals surface area contributed by atoms with Crippen LogP contribution in [0.2, 0.25) is 0 Å². The lowest BCUT2D eigenvalue weighted by atomic mass is 9.93. The van der Waals surface area contributed by atoms with Crippen molar-refractivity contribution in [2.24, 2.45) is 11.8 Å². The maximum absolute atomic E-state index is 2.49. The van der Waals surface area contributed by atoms with Gasteiger partial charge in [0, 0.05) is 0 Å². The van der Waals surface area contributed by atoms with Gasteiger partial charge in [-0.2, -0.15) is 0 Å². The fourth-order valence-corrected chi connectivity index (χ4v) is 5.34. The highest BCUT2D eigenvalue weighted by Gasteiger charge is 2.05. The molecule has 0 radical (unpaired) electrons. The topological polar surface area (TPSA) is 0 Å². The third-order valence-electron chi connectivity index (χ3n) is 7.73. The molecular formula is C32H66. The largest absolute Gasteiger partial charge is 0.0654 e. The van der Waals surface area contributed by atoms with Crippen LogP contribution in [-0.2, 0) is 0 Å². The van der Waals surface area contributed by atoms with Gasteiger partial charge < -0.3 is 0 Å². The quantitative estimate of drug-likeness (QED) is 0.109. The van der Waals surface area contributed by atoms with Crippen molar-refractivity contribution in [1.29, 1.82) is 0 Å². The summed E-state index contributed by atoms with van der Waals surface area (Å²) in [6.07, 6.45) is 38.2. The van der Waals surface area contributed by atoms with Crippen LogP contribution in [0, 0.1) is 11.8 Å². The summed E-state index contributed by atoms with van der Waals surface area (Å²) in [7, 11) is 0. The van der Waals surface area contributed by atoms with E-state index in [1.807, 2.05) is 0 Å². The second kappa shape index (κ2) is 27.2. The minimum absolute atomic E-state index is 0.951. The zero-order chi connectivity index (χ0) is 23.5. The van der Waals surface area contributed by atoms with E-state index in [0.717, 1.165) is 11.8 Å². The molecule has 0 aromatic rings. The van der Waals surface area contributed by atoms with E-state index in [0.29, 0.717) is 0 Å². The zero-order valence-corrected chi connectivity index (χ0v) is 23.5. The Bertz CT molecular complexity index is 320. The second-order valence-electron chi connectivity index (χ2n) is 11.4. The molecule has 0 fully saturated rings. The van der Waals surface area contributed by atoms with Crippen LogP contribution >= 0.6 is 0 Å². The van der Waals surface area contributed by atoms with Crippen molar-refractivity contribution in [3.8, 4) is 0 Å². The van der Waals surface area contributed by atoms with E-state index in [2.05, 4.69) is 27.7 Å². The number of hydrogen-bond donors (Lipinski definition) is 0. The van der Waals surface area contributed by atoms with Crippen molar-refractivity contribution in [2.75, 3.05) is 0 Å². The SMILES string of the molecule is CCCCCCCCCCCCCCCCCCCCCCC(C)CCCC(C)CCC. The molecule has 0 aliphatic rings. The molecule has 0 N–H and O–H groups in total. The van der Waals surface area contributed by atoms with E-state index in [1.165, 1.54) is 167 Å². The molecule has 0 amide bonds. The van der Waals surface area contributed by atoms with Crippen LogP contribution in [0.15, 0.2) is 0 Å². The van der Waals surface area contributed by atoms with Crippen LogP contribution in [0.5, 0.6) is 0 Å².